The van der Waals surface area contributed by atoms with Crippen molar-refractivity contribution in [1.82, 2.24) is 20.1 Å². The molecule has 2 aromatic carbocycles. The van der Waals surface area contributed by atoms with Crippen molar-refractivity contribution in [2.24, 2.45) is 7.05 Å². The number of aromatic carboxylic acids is 1. The zero-order chi connectivity index (χ0) is 23.3. The number of nitrogens with one attached hydrogen (secondary N) is 2. The van der Waals surface area contributed by atoms with Crippen LogP contribution in [0.25, 0.3) is 0 Å². The van der Waals surface area contributed by atoms with Crippen molar-refractivity contribution in [3.8, 4) is 0 Å². The number of aromatic nitrogens is 3. The summed E-state index contributed by atoms with van der Waals surface area (Å²) in [5.41, 5.74) is 0.858. The quantitative estimate of drug-likeness (QED) is 0.480. The number of anilines is 1. The van der Waals surface area contributed by atoms with Gasteiger partial charge in [-0.3, -0.25) is 9.59 Å². The Morgan fingerprint density at radius 1 is 1.12 bits per heavy atom. The van der Waals surface area contributed by atoms with E-state index in [0.29, 0.717) is 27.3 Å². The van der Waals surface area contributed by atoms with Crippen LogP contribution in [0.3, 0.4) is 0 Å². The van der Waals surface area contributed by atoms with Crippen LogP contribution in [0.1, 0.15) is 39.5 Å². The molecule has 0 aliphatic heterocycles. The van der Waals surface area contributed by atoms with Gasteiger partial charge in [-0.05, 0) is 36.8 Å². The van der Waals surface area contributed by atoms with Crippen molar-refractivity contribution in [3.05, 3.63) is 70.5 Å². The molecule has 0 aliphatic carbocycles. The lowest BCUT2D eigenvalue weighted by atomic mass is 10.2. The highest BCUT2D eigenvalue weighted by atomic mass is 35.5. The summed E-state index contributed by atoms with van der Waals surface area (Å²) in [5, 5.41) is 25.4. The molecule has 2 amide bonds. The van der Waals surface area contributed by atoms with Crippen LogP contribution in [-0.2, 0) is 11.8 Å². The molecule has 0 saturated carbocycles. The molecule has 1 atom stereocenters. The van der Waals surface area contributed by atoms with E-state index in [1.165, 1.54) is 36.0 Å². The predicted octanol–water partition coefficient (Wildman–Crippen LogP) is 2.05. The molecule has 0 aliphatic rings. The first-order chi connectivity index (χ1) is 15.3. The van der Waals surface area contributed by atoms with Crippen LogP contribution in [0.5, 0.6) is 0 Å². The molecule has 0 fully saturated rings. The van der Waals surface area contributed by atoms with Gasteiger partial charge in [-0.15, -0.1) is 10.2 Å². The molecule has 0 bridgehead atoms. The Hall–Kier alpha value is -3.37. The van der Waals surface area contributed by atoms with E-state index in [2.05, 4.69) is 20.8 Å². The van der Waals surface area contributed by atoms with Crippen molar-refractivity contribution in [3.63, 3.8) is 0 Å². The molecule has 11 heteroatoms. The molecule has 9 nitrogen and oxygen atoms in total. The number of carboxylic acid groups (broad SMARTS) is 1. The van der Waals surface area contributed by atoms with Crippen LogP contribution in [-0.4, -0.2) is 38.3 Å². The van der Waals surface area contributed by atoms with Gasteiger partial charge >= 0.3 is 0 Å². The zero-order valence-corrected chi connectivity index (χ0v) is 18.7. The molecule has 1 unspecified atom stereocenters. The number of halogens is 1. The topological polar surface area (TPSA) is 129 Å². The van der Waals surface area contributed by atoms with E-state index in [4.69, 9.17) is 11.6 Å². The maximum atomic E-state index is 12.5. The van der Waals surface area contributed by atoms with E-state index in [1.54, 1.807) is 42.8 Å². The molecular weight excluding hydrogens is 454 g/mol. The molecule has 0 saturated heterocycles. The predicted molar refractivity (Wildman–Crippen MR) is 118 cm³/mol. The van der Waals surface area contributed by atoms with Gasteiger partial charge in [0.05, 0.1) is 28.4 Å². The summed E-state index contributed by atoms with van der Waals surface area (Å²) < 4.78 is 1.70. The van der Waals surface area contributed by atoms with Crippen LogP contribution in [0, 0.1) is 0 Å². The van der Waals surface area contributed by atoms with Crippen LogP contribution in [0.15, 0.2) is 53.7 Å². The largest absolute Gasteiger partial charge is 0.545 e. The number of carbonyl (C=O) groups is 3. The van der Waals surface area contributed by atoms with Gasteiger partial charge in [0.2, 0.25) is 5.91 Å². The molecule has 166 valence electrons. The third-order valence-electron chi connectivity index (χ3n) is 4.46. The third-order valence-corrected chi connectivity index (χ3v) is 5.81. The van der Waals surface area contributed by atoms with E-state index in [9.17, 15) is 19.5 Å². The highest BCUT2D eigenvalue weighted by Gasteiger charge is 2.20. The van der Waals surface area contributed by atoms with Crippen LogP contribution in [0.2, 0.25) is 5.02 Å². The summed E-state index contributed by atoms with van der Waals surface area (Å²) in [7, 11) is 1.74. The number of hydrogen-bond acceptors (Lipinski definition) is 7. The second-order valence-electron chi connectivity index (χ2n) is 6.78. The Bertz CT molecular complexity index is 1150. The van der Waals surface area contributed by atoms with Crippen molar-refractivity contribution >= 4 is 46.8 Å². The SMILES string of the molecule is CC(NC(=O)c1ccccc1Cl)c1nnc(SCC(=O)Nc2ccc(C(=O)[O-])cc2)n1C. The van der Waals surface area contributed by atoms with Gasteiger partial charge in [0.15, 0.2) is 11.0 Å². The summed E-state index contributed by atoms with van der Waals surface area (Å²) in [5.74, 6) is -1.32. The number of carbonyl (C=O) groups excluding carboxylic acids is 3. The molecule has 32 heavy (non-hydrogen) atoms. The van der Waals surface area contributed by atoms with Gasteiger partial charge < -0.3 is 25.1 Å². The zero-order valence-electron chi connectivity index (χ0n) is 17.2. The average molecular weight is 473 g/mol. The number of nitrogens with zero attached hydrogens (tertiary/aromatic N) is 3. The van der Waals surface area contributed by atoms with Crippen molar-refractivity contribution < 1.29 is 19.5 Å². The number of amides is 2. The average Bonchev–Trinajstić information content (AvgIpc) is 3.13. The Morgan fingerprint density at radius 2 is 1.81 bits per heavy atom. The highest BCUT2D eigenvalue weighted by Crippen LogP contribution is 2.21. The maximum absolute atomic E-state index is 12.5. The monoisotopic (exact) mass is 472 g/mol. The Kier molecular flexibility index (Phi) is 7.49. The van der Waals surface area contributed by atoms with E-state index in [0.717, 1.165) is 0 Å². The second-order valence-corrected chi connectivity index (χ2v) is 8.13. The van der Waals surface area contributed by atoms with Gasteiger partial charge in [0.1, 0.15) is 0 Å². The normalized spacial score (nSPS) is 11.6. The Balaban J connectivity index is 1.57. The minimum atomic E-state index is -1.28. The van der Waals surface area contributed by atoms with Crippen LogP contribution < -0.4 is 15.7 Å². The molecule has 1 heterocycles. The number of benzene rings is 2. The van der Waals surface area contributed by atoms with Gasteiger partial charge in [0.25, 0.3) is 5.91 Å². The molecule has 2 N–H and O–H groups in total. The molecule has 3 rings (SSSR count). The van der Waals surface area contributed by atoms with Crippen LogP contribution in [0.4, 0.5) is 5.69 Å². The van der Waals surface area contributed by atoms with E-state index >= 15 is 0 Å². The van der Waals surface area contributed by atoms with E-state index in [1.807, 2.05) is 0 Å². The van der Waals surface area contributed by atoms with E-state index in [-0.39, 0.29) is 23.1 Å². The van der Waals surface area contributed by atoms with Gasteiger partial charge in [0, 0.05) is 12.7 Å². The molecular formula is C21H19ClN5O4S-. The summed E-state index contributed by atoms with van der Waals surface area (Å²) in [6.07, 6.45) is 0. The third kappa shape index (κ3) is 5.65. The summed E-state index contributed by atoms with van der Waals surface area (Å²) in [6, 6.07) is 12.0. The van der Waals surface area contributed by atoms with Crippen LogP contribution >= 0.6 is 23.4 Å². The van der Waals surface area contributed by atoms with Crippen molar-refractivity contribution in [2.75, 3.05) is 11.1 Å². The fraction of sp³-hybridized carbons (Fsp3) is 0.190. The molecule has 0 spiro atoms. The number of rotatable bonds is 8. The summed E-state index contributed by atoms with van der Waals surface area (Å²) >= 11 is 7.25. The fourth-order valence-corrected chi connectivity index (χ4v) is 3.77. The first-order valence-corrected chi connectivity index (χ1v) is 10.8. The van der Waals surface area contributed by atoms with Crippen molar-refractivity contribution in [2.45, 2.75) is 18.1 Å². The molecule has 1 aromatic heterocycles. The highest BCUT2D eigenvalue weighted by molar-refractivity contribution is 7.99. The van der Waals surface area contributed by atoms with Gasteiger partial charge in [-0.25, -0.2) is 0 Å². The summed E-state index contributed by atoms with van der Waals surface area (Å²) in [6.45, 7) is 1.77. The number of carboxylic acids is 1. The smallest absolute Gasteiger partial charge is 0.253 e. The van der Waals surface area contributed by atoms with Gasteiger partial charge in [-0.1, -0.05) is 47.6 Å². The lowest BCUT2D eigenvalue weighted by molar-refractivity contribution is -0.255. The molecule has 0 radical (unpaired) electrons. The standard InChI is InChI=1S/C21H20ClN5O4S/c1-12(23-19(29)15-5-3-4-6-16(15)22)18-25-26-21(27(18)2)32-11-17(28)24-14-9-7-13(8-10-14)20(30)31/h3-10,12H,11H2,1-2H3,(H,23,29)(H,24,28)(H,30,31)/p-1. The number of thioether (sulfide) groups is 1. The minimum absolute atomic E-state index is 0.0275. The summed E-state index contributed by atoms with van der Waals surface area (Å²) in [4.78, 5) is 35.4. The Morgan fingerprint density at radius 3 is 2.47 bits per heavy atom. The maximum Gasteiger partial charge on any atom is 0.253 e. The minimum Gasteiger partial charge on any atom is -0.545 e. The van der Waals surface area contributed by atoms with Crippen molar-refractivity contribution in [1.29, 1.82) is 0 Å². The lowest BCUT2D eigenvalue weighted by Gasteiger charge is -2.14. The second kappa shape index (κ2) is 10.3. The first kappa shape index (κ1) is 23.3. The lowest BCUT2D eigenvalue weighted by Crippen LogP contribution is -2.28. The Labute approximate surface area is 193 Å². The number of hydrogen-bond donors (Lipinski definition) is 2. The molecule has 3 aromatic rings. The first-order valence-electron chi connectivity index (χ1n) is 9.45. The van der Waals surface area contributed by atoms with Gasteiger partial charge in [-0.2, -0.15) is 0 Å². The fourth-order valence-electron chi connectivity index (χ4n) is 2.83. The van der Waals surface area contributed by atoms with E-state index < -0.39 is 12.0 Å².